The number of carbonyl (C=O) groups excluding carboxylic acids is 1. The second-order valence-electron chi connectivity index (χ2n) is 6.61. The van der Waals surface area contributed by atoms with Gasteiger partial charge in [0.05, 0.1) is 16.8 Å². The largest absolute Gasteiger partial charge is 0.346 e. The van der Waals surface area contributed by atoms with E-state index in [1.165, 1.54) is 0 Å². The van der Waals surface area contributed by atoms with E-state index in [9.17, 15) is 4.79 Å². The van der Waals surface area contributed by atoms with Crippen LogP contribution >= 0.6 is 11.6 Å². The van der Waals surface area contributed by atoms with E-state index >= 15 is 0 Å². The molecule has 0 saturated carbocycles. The topological polar surface area (TPSA) is 59.8 Å². The van der Waals surface area contributed by atoms with E-state index in [0.29, 0.717) is 21.9 Å². The van der Waals surface area contributed by atoms with Crippen LogP contribution in [0.25, 0.3) is 16.9 Å². The number of aryl methyl sites for hydroxylation is 1. The molecule has 1 N–H and O–H groups in total. The highest BCUT2D eigenvalue weighted by Crippen LogP contribution is 2.27. The normalized spacial score (nSPS) is 12.1. The Morgan fingerprint density at radius 2 is 1.89 bits per heavy atom. The standard InChI is InChI=1S/C22H19ClN4O/c1-14(16-7-4-3-5-8-16)25-22(28)17-10-11-18(23)20(13-17)27-15(2)26-19-9-6-12-24-21(19)27/h3-14H,1-2H3,(H,25,28). The minimum atomic E-state index is -0.163. The van der Waals surface area contributed by atoms with E-state index in [0.717, 1.165) is 16.9 Å². The van der Waals surface area contributed by atoms with Crippen LogP contribution in [0.15, 0.2) is 66.9 Å². The lowest BCUT2D eigenvalue weighted by Gasteiger charge is -2.15. The average Bonchev–Trinajstić information content (AvgIpc) is 3.04. The molecule has 2 heterocycles. The molecule has 28 heavy (non-hydrogen) atoms. The van der Waals surface area contributed by atoms with Crippen molar-refractivity contribution in [1.82, 2.24) is 19.9 Å². The number of amides is 1. The Hall–Kier alpha value is -3.18. The molecule has 2 aromatic heterocycles. The van der Waals surface area contributed by atoms with Gasteiger partial charge in [-0.3, -0.25) is 9.36 Å². The third-order valence-corrected chi connectivity index (χ3v) is 5.00. The number of nitrogens with zero attached hydrogens (tertiary/aromatic N) is 3. The average molecular weight is 391 g/mol. The van der Waals surface area contributed by atoms with Gasteiger partial charge in [-0.2, -0.15) is 0 Å². The van der Waals surface area contributed by atoms with Crippen molar-refractivity contribution in [3.63, 3.8) is 0 Å². The molecule has 4 aromatic rings. The molecule has 1 atom stereocenters. The highest BCUT2D eigenvalue weighted by Gasteiger charge is 2.17. The lowest BCUT2D eigenvalue weighted by molar-refractivity contribution is 0.0940. The van der Waals surface area contributed by atoms with E-state index in [1.807, 2.05) is 60.9 Å². The second kappa shape index (κ2) is 7.44. The number of rotatable bonds is 4. The Bertz CT molecular complexity index is 1150. The van der Waals surface area contributed by atoms with Crippen molar-refractivity contribution < 1.29 is 4.79 Å². The zero-order chi connectivity index (χ0) is 19.7. The van der Waals surface area contributed by atoms with Crippen LogP contribution in [0.5, 0.6) is 0 Å². The second-order valence-corrected chi connectivity index (χ2v) is 7.02. The van der Waals surface area contributed by atoms with Crippen molar-refractivity contribution in [2.45, 2.75) is 19.9 Å². The number of benzene rings is 2. The van der Waals surface area contributed by atoms with Gasteiger partial charge in [-0.25, -0.2) is 9.97 Å². The number of nitrogens with one attached hydrogen (secondary N) is 1. The molecule has 0 fully saturated rings. The van der Waals surface area contributed by atoms with Crippen molar-refractivity contribution in [3.8, 4) is 5.69 Å². The minimum Gasteiger partial charge on any atom is -0.346 e. The summed E-state index contributed by atoms with van der Waals surface area (Å²) >= 11 is 6.46. The van der Waals surface area contributed by atoms with Gasteiger partial charge in [-0.1, -0.05) is 41.9 Å². The fourth-order valence-corrected chi connectivity index (χ4v) is 3.45. The minimum absolute atomic E-state index is 0.106. The Kier molecular flexibility index (Phi) is 4.84. The number of hydrogen-bond acceptors (Lipinski definition) is 3. The monoisotopic (exact) mass is 390 g/mol. The summed E-state index contributed by atoms with van der Waals surface area (Å²) in [4.78, 5) is 21.8. The molecule has 0 saturated heterocycles. The van der Waals surface area contributed by atoms with Gasteiger partial charge in [0.2, 0.25) is 0 Å². The van der Waals surface area contributed by atoms with Crippen LogP contribution < -0.4 is 5.32 Å². The summed E-state index contributed by atoms with van der Waals surface area (Å²) in [5.41, 5.74) is 3.74. The van der Waals surface area contributed by atoms with Gasteiger partial charge in [0.25, 0.3) is 5.91 Å². The molecule has 5 nitrogen and oxygen atoms in total. The number of halogens is 1. The van der Waals surface area contributed by atoms with Crippen LogP contribution in [0, 0.1) is 6.92 Å². The van der Waals surface area contributed by atoms with Gasteiger partial charge in [-0.15, -0.1) is 0 Å². The highest BCUT2D eigenvalue weighted by atomic mass is 35.5. The first-order chi connectivity index (χ1) is 13.5. The van der Waals surface area contributed by atoms with E-state index < -0.39 is 0 Å². The smallest absolute Gasteiger partial charge is 0.251 e. The lowest BCUT2D eigenvalue weighted by Crippen LogP contribution is -2.26. The summed E-state index contributed by atoms with van der Waals surface area (Å²) < 4.78 is 1.87. The third-order valence-electron chi connectivity index (χ3n) is 4.68. The molecule has 2 aromatic carbocycles. The van der Waals surface area contributed by atoms with Gasteiger partial charge >= 0.3 is 0 Å². The summed E-state index contributed by atoms with van der Waals surface area (Å²) in [6, 6.07) is 18.7. The zero-order valence-corrected chi connectivity index (χ0v) is 16.3. The molecule has 0 bridgehead atoms. The number of aromatic nitrogens is 3. The molecular weight excluding hydrogens is 372 g/mol. The van der Waals surface area contributed by atoms with E-state index in [4.69, 9.17) is 11.6 Å². The van der Waals surface area contributed by atoms with Crippen molar-refractivity contribution in [1.29, 1.82) is 0 Å². The summed E-state index contributed by atoms with van der Waals surface area (Å²) in [5.74, 6) is 0.593. The van der Waals surface area contributed by atoms with Crippen LogP contribution in [0.1, 0.15) is 34.7 Å². The Labute approximate surface area is 168 Å². The predicted molar refractivity (Wildman–Crippen MR) is 111 cm³/mol. The van der Waals surface area contributed by atoms with Gasteiger partial charge < -0.3 is 5.32 Å². The van der Waals surface area contributed by atoms with Crippen LogP contribution in [-0.2, 0) is 0 Å². The predicted octanol–water partition coefficient (Wildman–Crippen LogP) is 4.87. The molecule has 0 aliphatic rings. The first-order valence-corrected chi connectivity index (χ1v) is 9.38. The number of carbonyl (C=O) groups is 1. The quantitative estimate of drug-likeness (QED) is 0.540. The van der Waals surface area contributed by atoms with Crippen molar-refractivity contribution in [2.75, 3.05) is 0 Å². The molecule has 0 spiro atoms. The van der Waals surface area contributed by atoms with Crippen LogP contribution in [0.2, 0.25) is 5.02 Å². The fourth-order valence-electron chi connectivity index (χ4n) is 3.24. The molecule has 1 amide bonds. The number of pyridine rings is 1. The van der Waals surface area contributed by atoms with Crippen molar-refractivity contribution in [3.05, 3.63) is 88.8 Å². The van der Waals surface area contributed by atoms with Crippen LogP contribution in [-0.4, -0.2) is 20.4 Å². The number of fused-ring (bicyclic) bond motifs is 1. The lowest BCUT2D eigenvalue weighted by atomic mass is 10.1. The maximum atomic E-state index is 12.8. The summed E-state index contributed by atoms with van der Waals surface area (Å²) in [6.45, 7) is 3.85. The molecule has 0 radical (unpaired) electrons. The maximum Gasteiger partial charge on any atom is 0.251 e. The first-order valence-electron chi connectivity index (χ1n) is 9.00. The van der Waals surface area contributed by atoms with Crippen molar-refractivity contribution in [2.24, 2.45) is 0 Å². The number of hydrogen-bond donors (Lipinski definition) is 1. The molecule has 140 valence electrons. The zero-order valence-electron chi connectivity index (χ0n) is 15.6. The van der Waals surface area contributed by atoms with Crippen molar-refractivity contribution >= 4 is 28.7 Å². The number of imidazole rings is 1. The van der Waals surface area contributed by atoms with E-state index in [-0.39, 0.29) is 11.9 Å². The van der Waals surface area contributed by atoms with Gasteiger partial charge in [0.1, 0.15) is 11.3 Å². The van der Waals surface area contributed by atoms with Crippen LogP contribution in [0.4, 0.5) is 0 Å². The Morgan fingerprint density at radius 3 is 2.68 bits per heavy atom. The fraction of sp³-hybridized carbons (Fsp3) is 0.136. The summed E-state index contributed by atoms with van der Waals surface area (Å²) in [7, 11) is 0. The maximum absolute atomic E-state index is 12.8. The first kappa shape index (κ1) is 18.2. The van der Waals surface area contributed by atoms with Gasteiger partial charge in [0, 0.05) is 11.8 Å². The molecule has 4 rings (SSSR count). The van der Waals surface area contributed by atoms with E-state index in [2.05, 4.69) is 15.3 Å². The molecular formula is C22H19ClN4O. The highest BCUT2D eigenvalue weighted by molar-refractivity contribution is 6.32. The molecule has 6 heteroatoms. The molecule has 0 aliphatic carbocycles. The Morgan fingerprint density at radius 1 is 1.11 bits per heavy atom. The van der Waals surface area contributed by atoms with Crippen LogP contribution in [0.3, 0.4) is 0 Å². The Balaban J connectivity index is 1.69. The third kappa shape index (κ3) is 3.37. The summed E-state index contributed by atoms with van der Waals surface area (Å²) in [6.07, 6.45) is 1.71. The molecule has 1 unspecified atom stereocenters. The summed E-state index contributed by atoms with van der Waals surface area (Å²) in [5, 5.41) is 3.56. The SMILES string of the molecule is Cc1nc2cccnc2n1-c1cc(C(=O)NC(C)c2ccccc2)ccc1Cl. The van der Waals surface area contributed by atoms with Gasteiger partial charge in [0.15, 0.2) is 5.65 Å². The van der Waals surface area contributed by atoms with E-state index in [1.54, 1.807) is 24.4 Å². The van der Waals surface area contributed by atoms with Gasteiger partial charge in [-0.05, 0) is 49.7 Å². The molecule has 0 aliphatic heterocycles.